The Kier molecular flexibility index (Phi) is 5.78. The van der Waals surface area contributed by atoms with Crippen molar-refractivity contribution in [2.75, 3.05) is 25.9 Å². The zero-order chi connectivity index (χ0) is 18.6. The molecule has 1 amide bonds. The van der Waals surface area contributed by atoms with Crippen LogP contribution in [-0.2, 0) is 9.84 Å². The molecule has 26 heavy (non-hydrogen) atoms. The maximum Gasteiger partial charge on any atom is 0.251 e. The first kappa shape index (κ1) is 18.7. The number of sulfone groups is 1. The summed E-state index contributed by atoms with van der Waals surface area (Å²) in [4.78, 5) is 15.0. The minimum Gasteiger partial charge on any atom is -0.468 e. The van der Waals surface area contributed by atoms with Crippen LogP contribution in [0, 0.1) is 0 Å². The molecule has 0 radical (unpaired) electrons. The van der Waals surface area contributed by atoms with Crippen LogP contribution in [0.25, 0.3) is 0 Å². The Morgan fingerprint density at radius 3 is 2.62 bits per heavy atom. The standard InChI is InChI=1S/C19H24N2O4S/c1-26(23,24)16-8-5-7-15(13-16)19(22)20-14-17(18-9-6-12-25-18)21-10-3-2-4-11-21/h5-9,12-13,17H,2-4,10-11,14H2,1H3,(H,20,22). The van der Waals surface area contributed by atoms with E-state index in [1.165, 1.54) is 18.6 Å². The van der Waals surface area contributed by atoms with Crippen molar-refractivity contribution in [3.05, 3.63) is 54.0 Å². The number of carbonyl (C=O) groups excluding carboxylic acids is 1. The molecule has 0 aliphatic carbocycles. The van der Waals surface area contributed by atoms with Gasteiger partial charge in [-0.15, -0.1) is 0 Å². The predicted molar refractivity (Wildman–Crippen MR) is 98.8 cm³/mol. The number of furan rings is 1. The van der Waals surface area contributed by atoms with E-state index in [1.807, 2.05) is 12.1 Å². The van der Waals surface area contributed by atoms with Gasteiger partial charge < -0.3 is 9.73 Å². The van der Waals surface area contributed by atoms with Gasteiger partial charge in [-0.2, -0.15) is 0 Å². The summed E-state index contributed by atoms with van der Waals surface area (Å²) in [6.07, 6.45) is 6.28. The van der Waals surface area contributed by atoms with Crippen molar-refractivity contribution >= 4 is 15.7 Å². The summed E-state index contributed by atoms with van der Waals surface area (Å²) in [6, 6.07) is 9.86. The molecular formula is C19H24N2O4S. The lowest BCUT2D eigenvalue weighted by molar-refractivity contribution is 0.0914. The molecule has 6 nitrogen and oxygen atoms in total. The third-order valence-corrected chi connectivity index (χ3v) is 5.79. The molecular weight excluding hydrogens is 352 g/mol. The number of benzene rings is 1. The second-order valence-corrected chi connectivity index (χ2v) is 8.65. The largest absolute Gasteiger partial charge is 0.468 e. The van der Waals surface area contributed by atoms with Crippen LogP contribution in [0.5, 0.6) is 0 Å². The summed E-state index contributed by atoms with van der Waals surface area (Å²) < 4.78 is 28.9. The van der Waals surface area contributed by atoms with Crippen molar-refractivity contribution in [3.8, 4) is 0 Å². The summed E-state index contributed by atoms with van der Waals surface area (Å²) in [5.41, 5.74) is 0.338. The van der Waals surface area contributed by atoms with Gasteiger partial charge in [0.25, 0.3) is 5.91 Å². The quantitative estimate of drug-likeness (QED) is 0.838. The van der Waals surface area contributed by atoms with Crippen molar-refractivity contribution in [1.82, 2.24) is 10.2 Å². The third kappa shape index (κ3) is 4.53. The van der Waals surface area contributed by atoms with E-state index in [1.54, 1.807) is 18.4 Å². The van der Waals surface area contributed by atoms with Crippen LogP contribution in [0.4, 0.5) is 0 Å². The highest BCUT2D eigenvalue weighted by atomic mass is 32.2. The van der Waals surface area contributed by atoms with E-state index in [9.17, 15) is 13.2 Å². The minimum atomic E-state index is -3.35. The molecule has 0 bridgehead atoms. The second-order valence-electron chi connectivity index (χ2n) is 6.64. The fourth-order valence-electron chi connectivity index (χ4n) is 3.28. The van der Waals surface area contributed by atoms with Gasteiger partial charge in [0.15, 0.2) is 9.84 Å². The highest BCUT2D eigenvalue weighted by molar-refractivity contribution is 7.90. The van der Waals surface area contributed by atoms with Crippen LogP contribution in [0.15, 0.2) is 52.0 Å². The van der Waals surface area contributed by atoms with E-state index in [2.05, 4.69) is 10.2 Å². The highest BCUT2D eigenvalue weighted by Gasteiger charge is 2.25. The van der Waals surface area contributed by atoms with Crippen molar-refractivity contribution in [1.29, 1.82) is 0 Å². The van der Waals surface area contributed by atoms with Gasteiger partial charge in [0.05, 0.1) is 17.2 Å². The number of amides is 1. The average Bonchev–Trinajstić information content (AvgIpc) is 3.16. The monoisotopic (exact) mass is 376 g/mol. The third-order valence-electron chi connectivity index (χ3n) is 4.68. The first-order valence-corrected chi connectivity index (χ1v) is 10.7. The maximum atomic E-state index is 12.5. The molecule has 2 aromatic rings. The molecule has 0 saturated carbocycles. The van der Waals surface area contributed by atoms with Gasteiger partial charge in [-0.25, -0.2) is 8.42 Å². The molecule has 1 fully saturated rings. The van der Waals surface area contributed by atoms with Gasteiger partial charge in [0.2, 0.25) is 0 Å². The van der Waals surface area contributed by atoms with E-state index >= 15 is 0 Å². The van der Waals surface area contributed by atoms with E-state index in [-0.39, 0.29) is 16.8 Å². The number of carbonyl (C=O) groups is 1. The Bertz CT molecular complexity index is 840. The molecule has 3 rings (SSSR count). The van der Waals surface area contributed by atoms with E-state index < -0.39 is 9.84 Å². The lowest BCUT2D eigenvalue weighted by atomic mass is 10.1. The second kappa shape index (κ2) is 8.05. The van der Waals surface area contributed by atoms with Crippen LogP contribution in [0.1, 0.15) is 41.4 Å². The van der Waals surface area contributed by atoms with E-state index in [0.29, 0.717) is 12.1 Å². The topological polar surface area (TPSA) is 79.6 Å². The molecule has 0 spiro atoms. The van der Waals surface area contributed by atoms with Crippen LogP contribution >= 0.6 is 0 Å². The summed E-state index contributed by atoms with van der Waals surface area (Å²) in [7, 11) is -3.35. The molecule has 1 N–H and O–H groups in total. The van der Waals surface area contributed by atoms with Crippen molar-refractivity contribution in [3.63, 3.8) is 0 Å². The Hall–Kier alpha value is -2.12. The first-order chi connectivity index (χ1) is 12.4. The van der Waals surface area contributed by atoms with Crippen molar-refractivity contribution < 1.29 is 17.6 Å². The smallest absolute Gasteiger partial charge is 0.251 e. The Morgan fingerprint density at radius 1 is 1.19 bits per heavy atom. The number of piperidine rings is 1. The van der Waals surface area contributed by atoms with E-state index in [4.69, 9.17) is 4.42 Å². The van der Waals surface area contributed by atoms with Crippen LogP contribution < -0.4 is 5.32 Å². The normalized spacial score (nSPS) is 17.0. The first-order valence-electron chi connectivity index (χ1n) is 8.81. The van der Waals surface area contributed by atoms with Crippen LogP contribution in [-0.4, -0.2) is 45.1 Å². The van der Waals surface area contributed by atoms with Crippen LogP contribution in [0.2, 0.25) is 0 Å². The Labute approximate surface area is 154 Å². The number of hydrogen-bond donors (Lipinski definition) is 1. The number of nitrogens with zero attached hydrogens (tertiary/aromatic N) is 1. The van der Waals surface area contributed by atoms with Gasteiger partial charge in [0, 0.05) is 18.4 Å². The number of rotatable bonds is 6. The number of nitrogens with one attached hydrogen (secondary N) is 1. The summed E-state index contributed by atoms with van der Waals surface area (Å²) in [5, 5.41) is 2.93. The van der Waals surface area contributed by atoms with Crippen molar-refractivity contribution in [2.45, 2.75) is 30.2 Å². The molecule has 1 aliphatic heterocycles. The van der Waals surface area contributed by atoms with Gasteiger partial charge in [0.1, 0.15) is 5.76 Å². The number of likely N-dealkylation sites (tertiary alicyclic amines) is 1. The van der Waals surface area contributed by atoms with Gasteiger partial charge in [-0.3, -0.25) is 9.69 Å². The lowest BCUT2D eigenvalue weighted by Crippen LogP contribution is -2.40. The Balaban J connectivity index is 1.71. The average molecular weight is 376 g/mol. The zero-order valence-electron chi connectivity index (χ0n) is 14.8. The fraction of sp³-hybridized carbons (Fsp3) is 0.421. The molecule has 1 aromatic heterocycles. The predicted octanol–water partition coefficient (Wildman–Crippen LogP) is 2.64. The molecule has 2 heterocycles. The molecule has 7 heteroatoms. The van der Waals surface area contributed by atoms with E-state index in [0.717, 1.165) is 37.9 Å². The minimum absolute atomic E-state index is 0.0210. The Morgan fingerprint density at radius 2 is 1.96 bits per heavy atom. The van der Waals surface area contributed by atoms with Crippen LogP contribution in [0.3, 0.4) is 0 Å². The van der Waals surface area contributed by atoms with Gasteiger partial charge in [-0.05, 0) is 56.3 Å². The molecule has 140 valence electrons. The fourth-order valence-corrected chi connectivity index (χ4v) is 3.95. The maximum absolute atomic E-state index is 12.5. The SMILES string of the molecule is CS(=O)(=O)c1cccc(C(=O)NCC(c2ccco2)N2CCCCC2)c1. The van der Waals surface area contributed by atoms with Crippen molar-refractivity contribution in [2.24, 2.45) is 0 Å². The molecule has 1 saturated heterocycles. The summed E-state index contributed by atoms with van der Waals surface area (Å²) in [5.74, 6) is 0.543. The summed E-state index contributed by atoms with van der Waals surface area (Å²) >= 11 is 0. The molecule has 1 unspecified atom stereocenters. The number of hydrogen-bond acceptors (Lipinski definition) is 5. The summed E-state index contributed by atoms with van der Waals surface area (Å²) in [6.45, 7) is 2.37. The zero-order valence-corrected chi connectivity index (χ0v) is 15.7. The highest BCUT2D eigenvalue weighted by Crippen LogP contribution is 2.24. The van der Waals surface area contributed by atoms with Gasteiger partial charge >= 0.3 is 0 Å². The molecule has 1 atom stereocenters. The molecule has 1 aliphatic rings. The lowest BCUT2D eigenvalue weighted by Gasteiger charge is -2.33. The van der Waals surface area contributed by atoms with Gasteiger partial charge in [-0.1, -0.05) is 12.5 Å². The molecule has 1 aromatic carbocycles.